The summed E-state index contributed by atoms with van der Waals surface area (Å²) in [7, 11) is -1.16. The Morgan fingerprint density at radius 3 is 2.33 bits per heavy atom. The second-order valence-corrected chi connectivity index (χ2v) is 2.92. The minimum Gasteiger partial charge on any atom is -0.313 e. The van der Waals surface area contributed by atoms with Crippen LogP contribution in [0.5, 0.6) is 0 Å². The van der Waals surface area contributed by atoms with Gasteiger partial charge in [0.05, 0.1) is 0 Å². The summed E-state index contributed by atoms with van der Waals surface area (Å²) in [5.74, 6) is 1.12. The number of rotatable bonds is 2. The fourth-order valence-corrected chi connectivity index (χ4v) is 0.719. The summed E-state index contributed by atoms with van der Waals surface area (Å²) in [6, 6.07) is 0. The van der Waals surface area contributed by atoms with Crippen molar-refractivity contribution in [3.63, 3.8) is 0 Å². The van der Waals surface area contributed by atoms with Gasteiger partial charge in [-0.25, -0.2) is 9.19 Å². The van der Waals surface area contributed by atoms with Crippen molar-refractivity contribution in [3.05, 3.63) is 0 Å². The Bertz CT molecular complexity index is 172. The van der Waals surface area contributed by atoms with Crippen molar-refractivity contribution in [1.82, 2.24) is 5.06 Å². The standard InChI is InChI=1S/C3H7N2O3P/c1-5(2)8-9(6,7)3-4/h1-2H3,(H,6,7). The van der Waals surface area contributed by atoms with Crippen LogP contribution in [0.15, 0.2) is 0 Å². The van der Waals surface area contributed by atoms with E-state index in [1.165, 1.54) is 14.1 Å². The molecule has 0 aromatic carbocycles. The molecule has 0 saturated heterocycles. The van der Waals surface area contributed by atoms with E-state index in [2.05, 4.69) is 4.62 Å². The molecule has 1 N–H and O–H groups in total. The van der Waals surface area contributed by atoms with Gasteiger partial charge in [0.25, 0.3) is 0 Å². The van der Waals surface area contributed by atoms with E-state index in [9.17, 15) is 4.57 Å². The minimum atomic E-state index is -4.00. The van der Waals surface area contributed by atoms with E-state index in [1.54, 1.807) is 0 Å². The lowest BCUT2D eigenvalue weighted by molar-refractivity contribution is -0.0110. The maximum absolute atomic E-state index is 10.3. The largest absolute Gasteiger partial charge is 0.445 e. The Morgan fingerprint density at radius 1 is 1.78 bits per heavy atom. The Labute approximate surface area is 52.9 Å². The van der Waals surface area contributed by atoms with E-state index in [0.29, 0.717) is 0 Å². The average molecular weight is 150 g/mol. The Hall–Kier alpha value is -0.400. The van der Waals surface area contributed by atoms with Crippen molar-refractivity contribution in [3.8, 4) is 5.81 Å². The van der Waals surface area contributed by atoms with Crippen LogP contribution in [0.2, 0.25) is 0 Å². The van der Waals surface area contributed by atoms with Crippen LogP contribution in [0.3, 0.4) is 0 Å². The predicted octanol–water partition coefficient (Wildman–Crippen LogP) is 0.146. The number of hydrogen-bond acceptors (Lipinski definition) is 4. The molecule has 0 aliphatic carbocycles. The van der Waals surface area contributed by atoms with Gasteiger partial charge in [0.15, 0.2) is 5.81 Å². The summed E-state index contributed by atoms with van der Waals surface area (Å²) >= 11 is 0. The number of nitriles is 1. The lowest BCUT2D eigenvalue weighted by Gasteiger charge is -2.08. The van der Waals surface area contributed by atoms with Crippen LogP contribution >= 0.6 is 7.60 Å². The first-order valence-corrected chi connectivity index (χ1v) is 3.67. The molecule has 0 amide bonds. The van der Waals surface area contributed by atoms with Gasteiger partial charge in [-0.1, -0.05) is 0 Å². The maximum atomic E-state index is 10.3. The molecule has 0 radical (unpaired) electrons. The molecule has 0 saturated carbocycles. The second kappa shape index (κ2) is 2.95. The highest BCUT2D eigenvalue weighted by atomic mass is 31.2. The van der Waals surface area contributed by atoms with Crippen LogP contribution in [0.25, 0.3) is 0 Å². The van der Waals surface area contributed by atoms with E-state index in [1.807, 2.05) is 0 Å². The highest BCUT2D eigenvalue weighted by molar-refractivity contribution is 7.58. The molecule has 6 heteroatoms. The molecular formula is C3H7N2O3P. The van der Waals surface area contributed by atoms with Crippen LogP contribution in [0.4, 0.5) is 0 Å². The van der Waals surface area contributed by atoms with Crippen molar-refractivity contribution in [2.24, 2.45) is 0 Å². The molecule has 0 heterocycles. The summed E-state index contributed by atoms with van der Waals surface area (Å²) in [5.41, 5.74) is 0. The molecular weight excluding hydrogens is 143 g/mol. The summed E-state index contributed by atoms with van der Waals surface area (Å²) in [4.78, 5) is 8.42. The first-order valence-electron chi connectivity index (χ1n) is 2.09. The van der Waals surface area contributed by atoms with Crippen LogP contribution in [0, 0.1) is 11.1 Å². The van der Waals surface area contributed by atoms with Crippen molar-refractivity contribution < 1.29 is 14.1 Å². The number of nitrogens with zero attached hydrogens (tertiary/aromatic N) is 2. The zero-order chi connectivity index (χ0) is 7.49. The van der Waals surface area contributed by atoms with Gasteiger partial charge in [-0.3, -0.25) is 0 Å². The van der Waals surface area contributed by atoms with Crippen LogP contribution in [-0.2, 0) is 9.19 Å². The van der Waals surface area contributed by atoms with Gasteiger partial charge in [0.1, 0.15) is 0 Å². The molecule has 52 valence electrons. The molecule has 5 nitrogen and oxygen atoms in total. The van der Waals surface area contributed by atoms with Crippen LogP contribution < -0.4 is 0 Å². The first-order chi connectivity index (χ1) is 3.98. The van der Waals surface area contributed by atoms with Crippen LogP contribution in [0.1, 0.15) is 0 Å². The SMILES string of the molecule is CN(C)OP(=O)(O)C#N. The molecule has 0 aliphatic heterocycles. The number of hydroxylamine groups is 2. The third-order valence-corrected chi connectivity index (χ3v) is 1.20. The third kappa shape index (κ3) is 4.13. The van der Waals surface area contributed by atoms with E-state index < -0.39 is 7.60 Å². The molecule has 9 heavy (non-hydrogen) atoms. The smallest absolute Gasteiger partial charge is 0.313 e. The molecule has 0 spiro atoms. The van der Waals surface area contributed by atoms with E-state index in [-0.39, 0.29) is 0 Å². The van der Waals surface area contributed by atoms with Gasteiger partial charge < -0.3 is 4.89 Å². The quantitative estimate of drug-likeness (QED) is 0.447. The van der Waals surface area contributed by atoms with Gasteiger partial charge in [-0.2, -0.15) is 10.3 Å². The summed E-state index contributed by atoms with van der Waals surface area (Å²) in [6.07, 6.45) is 0. The van der Waals surface area contributed by atoms with Gasteiger partial charge in [-0.05, 0) is 0 Å². The molecule has 0 bridgehead atoms. The first kappa shape index (κ1) is 8.60. The Kier molecular flexibility index (Phi) is 2.82. The lowest BCUT2D eigenvalue weighted by Crippen LogP contribution is -2.09. The molecule has 1 atom stereocenters. The van der Waals surface area contributed by atoms with Crippen molar-refractivity contribution in [2.45, 2.75) is 0 Å². The van der Waals surface area contributed by atoms with Gasteiger partial charge in [-0.15, -0.1) is 0 Å². The van der Waals surface area contributed by atoms with Gasteiger partial charge in [0.2, 0.25) is 0 Å². The topological polar surface area (TPSA) is 73.6 Å². The predicted molar refractivity (Wildman–Crippen MR) is 30.2 cm³/mol. The third-order valence-electron chi connectivity index (χ3n) is 0.400. The zero-order valence-corrected chi connectivity index (χ0v) is 6.00. The molecule has 0 aromatic rings. The average Bonchev–Trinajstić information content (AvgIpc) is 1.63. The maximum Gasteiger partial charge on any atom is 0.445 e. The van der Waals surface area contributed by atoms with Crippen molar-refractivity contribution in [2.75, 3.05) is 14.1 Å². The lowest BCUT2D eigenvalue weighted by atomic mass is 11.2. The fraction of sp³-hybridized carbons (Fsp3) is 0.667. The summed E-state index contributed by atoms with van der Waals surface area (Å²) in [6.45, 7) is 0. The number of hydrogen-bond donors (Lipinski definition) is 1. The fourth-order valence-electron chi connectivity index (χ4n) is 0.240. The molecule has 1 unspecified atom stereocenters. The van der Waals surface area contributed by atoms with Crippen LogP contribution in [-0.4, -0.2) is 24.1 Å². The van der Waals surface area contributed by atoms with E-state index in [0.717, 1.165) is 10.9 Å². The summed E-state index contributed by atoms with van der Waals surface area (Å²) < 4.78 is 14.5. The Morgan fingerprint density at radius 2 is 2.22 bits per heavy atom. The Balaban J connectivity index is 3.93. The monoisotopic (exact) mass is 150 g/mol. The molecule has 0 rings (SSSR count). The van der Waals surface area contributed by atoms with E-state index >= 15 is 0 Å². The van der Waals surface area contributed by atoms with Crippen molar-refractivity contribution in [1.29, 1.82) is 5.26 Å². The minimum absolute atomic E-state index is 1.00. The second-order valence-electron chi connectivity index (χ2n) is 1.51. The van der Waals surface area contributed by atoms with Gasteiger partial charge in [0, 0.05) is 14.1 Å². The highest BCUT2D eigenvalue weighted by Crippen LogP contribution is 2.39. The molecule has 0 aliphatic rings. The summed E-state index contributed by atoms with van der Waals surface area (Å²) in [5, 5.41) is 8.93. The van der Waals surface area contributed by atoms with E-state index in [4.69, 9.17) is 10.2 Å². The molecule has 0 aromatic heterocycles. The normalized spacial score (nSPS) is 16.8. The van der Waals surface area contributed by atoms with Crippen molar-refractivity contribution >= 4 is 7.60 Å². The molecule has 0 fully saturated rings. The highest BCUT2D eigenvalue weighted by Gasteiger charge is 2.18. The van der Waals surface area contributed by atoms with Gasteiger partial charge >= 0.3 is 7.60 Å². The zero-order valence-electron chi connectivity index (χ0n) is 5.11.